The molecule has 0 unspecified atom stereocenters. The molecule has 0 fully saturated rings. The minimum absolute atomic E-state index is 0.0720. The molecule has 6 heteroatoms. The second-order valence-corrected chi connectivity index (χ2v) is 6.57. The number of hydrogen-bond acceptors (Lipinski definition) is 3. The molecule has 0 saturated carbocycles. The molecular weight excluding hydrogens is 302 g/mol. The number of fused-ring (bicyclic) bond motifs is 1. The number of guanidine groups is 1. The van der Waals surface area contributed by atoms with Crippen LogP contribution in [0, 0.1) is 0 Å². The number of aliphatic imine (C=N–C) groups is 1. The molecule has 0 aliphatic carbocycles. The maximum absolute atomic E-state index is 11.9. The van der Waals surface area contributed by atoms with Gasteiger partial charge in [0.25, 0.3) is 0 Å². The molecule has 0 saturated heterocycles. The van der Waals surface area contributed by atoms with E-state index in [2.05, 4.69) is 25.9 Å². The van der Waals surface area contributed by atoms with Crippen LogP contribution >= 0.6 is 0 Å². The lowest BCUT2D eigenvalue weighted by Gasteiger charge is -2.21. The van der Waals surface area contributed by atoms with Crippen LogP contribution in [0.25, 0.3) is 10.9 Å². The standard InChI is InChI=1S/C18H25N5O/c1-18(2,3)23-15(24)12-22-17(19-4)21-11-14-8-5-7-13-9-6-10-20-16(13)14/h5-10H,11-12H2,1-4H3,(H,23,24)(H2,19,21,22). The van der Waals surface area contributed by atoms with Crippen LogP contribution in [-0.4, -0.2) is 36.0 Å². The third-order valence-electron chi connectivity index (χ3n) is 3.32. The minimum atomic E-state index is -0.246. The molecule has 1 aromatic carbocycles. The normalized spacial score (nSPS) is 12.1. The van der Waals surface area contributed by atoms with E-state index < -0.39 is 0 Å². The number of hydrogen-bond donors (Lipinski definition) is 3. The molecule has 0 aliphatic heterocycles. The molecule has 1 amide bonds. The number of nitrogens with one attached hydrogen (secondary N) is 3. The number of para-hydroxylation sites is 1. The fourth-order valence-electron chi connectivity index (χ4n) is 2.34. The fourth-order valence-corrected chi connectivity index (χ4v) is 2.34. The molecule has 128 valence electrons. The van der Waals surface area contributed by atoms with Crippen molar-refractivity contribution in [3.8, 4) is 0 Å². The fraction of sp³-hybridized carbons (Fsp3) is 0.389. The number of nitrogens with zero attached hydrogens (tertiary/aromatic N) is 2. The molecule has 0 radical (unpaired) electrons. The van der Waals surface area contributed by atoms with Crippen molar-refractivity contribution >= 4 is 22.8 Å². The third-order valence-corrected chi connectivity index (χ3v) is 3.32. The molecular formula is C18H25N5O. The highest BCUT2D eigenvalue weighted by Crippen LogP contribution is 2.15. The molecule has 24 heavy (non-hydrogen) atoms. The van der Waals surface area contributed by atoms with E-state index in [-0.39, 0.29) is 18.0 Å². The lowest BCUT2D eigenvalue weighted by molar-refractivity contribution is -0.121. The maximum Gasteiger partial charge on any atom is 0.239 e. The Hall–Kier alpha value is -2.63. The molecule has 0 bridgehead atoms. The maximum atomic E-state index is 11.9. The molecule has 1 aromatic heterocycles. The average Bonchev–Trinajstić information content (AvgIpc) is 2.53. The summed E-state index contributed by atoms with van der Waals surface area (Å²) in [6.45, 7) is 6.60. The van der Waals surface area contributed by atoms with Crippen LogP contribution in [0.15, 0.2) is 41.5 Å². The van der Waals surface area contributed by atoms with Gasteiger partial charge >= 0.3 is 0 Å². The topological polar surface area (TPSA) is 78.4 Å². The molecule has 0 spiro atoms. The van der Waals surface area contributed by atoms with Crippen molar-refractivity contribution in [2.45, 2.75) is 32.9 Å². The van der Waals surface area contributed by atoms with Crippen molar-refractivity contribution in [1.82, 2.24) is 20.9 Å². The van der Waals surface area contributed by atoms with Gasteiger partial charge in [-0.1, -0.05) is 24.3 Å². The molecule has 2 aromatic rings. The van der Waals surface area contributed by atoms with Crippen LogP contribution in [0.3, 0.4) is 0 Å². The highest BCUT2D eigenvalue weighted by molar-refractivity contribution is 5.87. The van der Waals surface area contributed by atoms with E-state index in [1.807, 2.05) is 51.1 Å². The molecule has 6 nitrogen and oxygen atoms in total. The smallest absolute Gasteiger partial charge is 0.239 e. The largest absolute Gasteiger partial charge is 0.352 e. The Bertz CT molecular complexity index is 728. The Balaban J connectivity index is 1.93. The van der Waals surface area contributed by atoms with Gasteiger partial charge in [0.1, 0.15) is 0 Å². The first kappa shape index (κ1) is 17.7. The first-order valence-electron chi connectivity index (χ1n) is 7.97. The van der Waals surface area contributed by atoms with Gasteiger partial charge in [-0.2, -0.15) is 0 Å². The Morgan fingerprint density at radius 1 is 1.17 bits per heavy atom. The molecule has 0 atom stereocenters. The van der Waals surface area contributed by atoms with Crippen molar-refractivity contribution in [2.75, 3.05) is 13.6 Å². The van der Waals surface area contributed by atoms with Crippen molar-refractivity contribution in [3.05, 3.63) is 42.1 Å². The van der Waals surface area contributed by atoms with E-state index in [0.29, 0.717) is 12.5 Å². The van der Waals surface area contributed by atoms with E-state index in [9.17, 15) is 4.79 Å². The van der Waals surface area contributed by atoms with Crippen LogP contribution in [0.2, 0.25) is 0 Å². The second-order valence-electron chi connectivity index (χ2n) is 6.57. The Kier molecular flexibility index (Phi) is 5.73. The van der Waals surface area contributed by atoms with E-state index in [4.69, 9.17) is 0 Å². The zero-order valence-electron chi connectivity index (χ0n) is 14.7. The van der Waals surface area contributed by atoms with Crippen LogP contribution in [0.1, 0.15) is 26.3 Å². The summed E-state index contributed by atoms with van der Waals surface area (Å²) in [6.07, 6.45) is 1.79. The highest BCUT2D eigenvalue weighted by Gasteiger charge is 2.13. The zero-order chi connectivity index (χ0) is 17.6. The van der Waals surface area contributed by atoms with E-state index in [0.717, 1.165) is 16.5 Å². The van der Waals surface area contributed by atoms with Crippen LogP contribution in [-0.2, 0) is 11.3 Å². The summed E-state index contributed by atoms with van der Waals surface area (Å²) >= 11 is 0. The highest BCUT2D eigenvalue weighted by atomic mass is 16.2. The number of amides is 1. The molecule has 0 aliphatic rings. The van der Waals surface area contributed by atoms with Crippen molar-refractivity contribution in [3.63, 3.8) is 0 Å². The number of rotatable bonds is 4. The van der Waals surface area contributed by atoms with E-state index >= 15 is 0 Å². The van der Waals surface area contributed by atoms with Gasteiger partial charge in [0.05, 0.1) is 12.1 Å². The summed E-state index contributed by atoms with van der Waals surface area (Å²) < 4.78 is 0. The molecule has 2 rings (SSSR count). The predicted octanol–water partition coefficient (Wildman–Crippen LogP) is 1.81. The monoisotopic (exact) mass is 327 g/mol. The van der Waals surface area contributed by atoms with E-state index in [1.165, 1.54) is 0 Å². The van der Waals surface area contributed by atoms with E-state index in [1.54, 1.807) is 13.2 Å². The quantitative estimate of drug-likeness (QED) is 0.591. The summed E-state index contributed by atoms with van der Waals surface area (Å²) in [5, 5.41) is 10.2. The summed E-state index contributed by atoms with van der Waals surface area (Å²) in [4.78, 5) is 20.4. The first-order chi connectivity index (χ1) is 11.4. The Morgan fingerprint density at radius 3 is 2.62 bits per heavy atom. The van der Waals surface area contributed by atoms with Crippen LogP contribution in [0.4, 0.5) is 0 Å². The van der Waals surface area contributed by atoms with Gasteiger partial charge in [-0.15, -0.1) is 0 Å². The Labute approximate surface area is 142 Å². The number of pyridine rings is 1. The van der Waals surface area contributed by atoms with Crippen LogP contribution < -0.4 is 16.0 Å². The molecule has 1 heterocycles. The van der Waals surface area contributed by atoms with Gasteiger partial charge in [-0.3, -0.25) is 14.8 Å². The van der Waals surface area contributed by atoms with Gasteiger partial charge in [0.2, 0.25) is 5.91 Å². The van der Waals surface area contributed by atoms with Crippen molar-refractivity contribution < 1.29 is 4.79 Å². The minimum Gasteiger partial charge on any atom is -0.352 e. The molecule has 3 N–H and O–H groups in total. The van der Waals surface area contributed by atoms with Gasteiger partial charge in [-0.05, 0) is 32.4 Å². The first-order valence-corrected chi connectivity index (χ1v) is 7.97. The predicted molar refractivity (Wildman–Crippen MR) is 97.8 cm³/mol. The lowest BCUT2D eigenvalue weighted by Crippen LogP contribution is -2.48. The number of benzene rings is 1. The second kappa shape index (κ2) is 7.77. The van der Waals surface area contributed by atoms with Crippen LogP contribution in [0.5, 0.6) is 0 Å². The van der Waals surface area contributed by atoms with Gasteiger partial charge in [0, 0.05) is 30.7 Å². The summed E-state index contributed by atoms with van der Waals surface area (Å²) in [5.41, 5.74) is 1.80. The lowest BCUT2D eigenvalue weighted by atomic mass is 10.1. The summed E-state index contributed by atoms with van der Waals surface area (Å²) in [5.74, 6) is 0.504. The zero-order valence-corrected chi connectivity index (χ0v) is 14.7. The van der Waals surface area contributed by atoms with Gasteiger partial charge < -0.3 is 16.0 Å². The van der Waals surface area contributed by atoms with Crippen molar-refractivity contribution in [2.24, 2.45) is 4.99 Å². The third kappa shape index (κ3) is 5.22. The Morgan fingerprint density at radius 2 is 1.92 bits per heavy atom. The average molecular weight is 327 g/mol. The van der Waals surface area contributed by atoms with Gasteiger partial charge in [0.15, 0.2) is 5.96 Å². The number of aromatic nitrogens is 1. The number of carbonyl (C=O) groups is 1. The SMILES string of the molecule is CN=C(NCC(=O)NC(C)(C)C)NCc1cccc2cccnc12. The van der Waals surface area contributed by atoms with Gasteiger partial charge in [-0.25, -0.2) is 0 Å². The number of carbonyl (C=O) groups excluding carboxylic acids is 1. The van der Waals surface area contributed by atoms with Crippen molar-refractivity contribution in [1.29, 1.82) is 0 Å². The summed E-state index contributed by atoms with van der Waals surface area (Å²) in [6, 6.07) is 10.0. The summed E-state index contributed by atoms with van der Waals surface area (Å²) in [7, 11) is 1.68.